The van der Waals surface area contributed by atoms with Crippen LogP contribution in [0, 0.1) is 0 Å². The molecule has 0 N–H and O–H groups in total. The largest absolute Gasteiger partial charge is 0.338 e. The van der Waals surface area contributed by atoms with Gasteiger partial charge in [0.15, 0.2) is 5.82 Å². The Labute approximate surface area is 192 Å². The molecule has 8 heteroatoms. The third kappa shape index (κ3) is 4.90. The molecule has 0 saturated carbocycles. The molecule has 172 valence electrons. The molecule has 1 fully saturated rings. The fourth-order valence-electron chi connectivity index (χ4n) is 4.44. The second-order valence-electron chi connectivity index (χ2n) is 8.79. The molecule has 1 saturated heterocycles. The highest BCUT2D eigenvalue weighted by Gasteiger charge is 2.15. The number of hydrogen-bond donors (Lipinski definition) is 0. The summed E-state index contributed by atoms with van der Waals surface area (Å²) in [4.78, 5) is 20.0. The molecule has 8 nitrogen and oxygen atoms in total. The lowest BCUT2D eigenvalue weighted by atomic mass is 10.1. The summed E-state index contributed by atoms with van der Waals surface area (Å²) >= 11 is 0. The predicted octanol–water partition coefficient (Wildman–Crippen LogP) is 3.92. The Morgan fingerprint density at radius 3 is 2.48 bits per heavy atom. The molecule has 0 aliphatic carbocycles. The minimum Gasteiger partial charge on any atom is -0.338 e. The second-order valence-corrected chi connectivity index (χ2v) is 8.79. The Morgan fingerprint density at radius 1 is 0.970 bits per heavy atom. The van der Waals surface area contributed by atoms with Crippen molar-refractivity contribution in [2.45, 2.75) is 58.5 Å². The van der Waals surface area contributed by atoms with Crippen molar-refractivity contribution >= 4 is 5.52 Å². The van der Waals surface area contributed by atoms with E-state index in [1.807, 2.05) is 18.2 Å². The van der Waals surface area contributed by atoms with Gasteiger partial charge in [0.1, 0.15) is 5.52 Å². The van der Waals surface area contributed by atoms with E-state index < -0.39 is 0 Å². The Morgan fingerprint density at radius 2 is 1.73 bits per heavy atom. The van der Waals surface area contributed by atoms with Crippen molar-refractivity contribution in [2.24, 2.45) is 0 Å². The zero-order valence-corrected chi connectivity index (χ0v) is 19.1. The summed E-state index contributed by atoms with van der Waals surface area (Å²) in [7, 11) is 0. The van der Waals surface area contributed by atoms with E-state index in [4.69, 9.17) is 4.52 Å². The summed E-state index contributed by atoms with van der Waals surface area (Å²) < 4.78 is 8.72. The van der Waals surface area contributed by atoms with Crippen molar-refractivity contribution in [3.63, 3.8) is 0 Å². The van der Waals surface area contributed by atoms with E-state index in [9.17, 15) is 4.79 Å². The molecule has 4 heterocycles. The van der Waals surface area contributed by atoms with Gasteiger partial charge in [0.2, 0.25) is 5.89 Å². The number of aryl methyl sites for hydroxylation is 1. The van der Waals surface area contributed by atoms with Gasteiger partial charge in [-0.1, -0.05) is 55.6 Å². The summed E-state index contributed by atoms with van der Waals surface area (Å²) in [5.74, 6) is 1.13. The maximum absolute atomic E-state index is 13.1. The lowest BCUT2D eigenvalue weighted by Crippen LogP contribution is -2.27. The maximum Gasteiger partial charge on any atom is 0.277 e. The van der Waals surface area contributed by atoms with Crippen LogP contribution >= 0.6 is 0 Å². The predicted molar refractivity (Wildman–Crippen MR) is 126 cm³/mol. The molecule has 0 atom stereocenters. The van der Waals surface area contributed by atoms with Gasteiger partial charge in [-0.25, -0.2) is 4.52 Å². The Hall–Kier alpha value is -3.26. The fourth-order valence-corrected chi connectivity index (χ4v) is 4.44. The zero-order chi connectivity index (χ0) is 22.6. The van der Waals surface area contributed by atoms with Crippen LogP contribution in [-0.4, -0.2) is 42.3 Å². The summed E-state index contributed by atoms with van der Waals surface area (Å²) in [5.41, 5.74) is 3.44. The smallest absolute Gasteiger partial charge is 0.277 e. The first-order valence-electron chi connectivity index (χ1n) is 11.9. The molecule has 0 radical (unpaired) electrons. The van der Waals surface area contributed by atoms with Gasteiger partial charge < -0.3 is 9.09 Å². The Bertz CT molecular complexity index is 1260. The van der Waals surface area contributed by atoms with E-state index >= 15 is 0 Å². The lowest BCUT2D eigenvalue weighted by molar-refractivity contribution is 0.208. The zero-order valence-electron chi connectivity index (χ0n) is 19.1. The quantitative estimate of drug-likeness (QED) is 0.446. The van der Waals surface area contributed by atoms with Gasteiger partial charge in [-0.3, -0.25) is 9.69 Å². The summed E-state index contributed by atoms with van der Waals surface area (Å²) in [6.07, 6.45) is 10.9. The standard InChI is InChI=1S/C25H30N6O2/c1-2-19-8-10-20(11-9-19)21-16-22-25(32)30(14-15-31(22)27-21)17-23-26-24(33-28-23)18-29-12-6-4-3-5-7-13-29/h8-11,14-16H,2-7,12-13,17-18H2,1H3. The van der Waals surface area contributed by atoms with Crippen LogP contribution in [0.4, 0.5) is 0 Å². The van der Waals surface area contributed by atoms with Gasteiger partial charge in [-0.15, -0.1) is 0 Å². The van der Waals surface area contributed by atoms with E-state index in [1.54, 1.807) is 21.5 Å². The van der Waals surface area contributed by atoms with Gasteiger partial charge in [-0.2, -0.15) is 10.1 Å². The highest BCUT2D eigenvalue weighted by Crippen LogP contribution is 2.19. The highest BCUT2D eigenvalue weighted by molar-refractivity contribution is 5.65. The van der Waals surface area contributed by atoms with Crippen LogP contribution in [0.2, 0.25) is 0 Å². The normalized spacial score (nSPS) is 15.5. The first-order chi connectivity index (χ1) is 16.2. The van der Waals surface area contributed by atoms with E-state index in [2.05, 4.69) is 39.2 Å². The van der Waals surface area contributed by atoms with Crippen LogP contribution in [0.1, 0.15) is 56.3 Å². The number of nitrogens with zero attached hydrogens (tertiary/aromatic N) is 6. The number of aromatic nitrogens is 5. The third-order valence-corrected chi connectivity index (χ3v) is 6.39. The van der Waals surface area contributed by atoms with E-state index in [-0.39, 0.29) is 12.1 Å². The topological polar surface area (TPSA) is 81.5 Å². The molecule has 33 heavy (non-hydrogen) atoms. The third-order valence-electron chi connectivity index (χ3n) is 6.39. The van der Waals surface area contributed by atoms with E-state index in [0.717, 1.165) is 30.8 Å². The number of fused-ring (bicyclic) bond motifs is 1. The van der Waals surface area contributed by atoms with Crippen molar-refractivity contribution in [3.8, 4) is 11.3 Å². The molecule has 1 aliphatic heterocycles. The molecule has 0 amide bonds. The molecule has 3 aromatic heterocycles. The molecule has 1 aliphatic rings. The van der Waals surface area contributed by atoms with Crippen LogP contribution in [0.3, 0.4) is 0 Å². The molecule has 0 spiro atoms. The molecular formula is C25H30N6O2. The van der Waals surface area contributed by atoms with Gasteiger partial charge in [0.25, 0.3) is 5.56 Å². The minimum absolute atomic E-state index is 0.128. The number of benzene rings is 1. The number of hydrogen-bond acceptors (Lipinski definition) is 6. The fraction of sp³-hybridized carbons (Fsp3) is 0.440. The summed E-state index contributed by atoms with van der Waals surface area (Å²) in [5, 5.41) is 8.69. The van der Waals surface area contributed by atoms with Crippen LogP contribution in [-0.2, 0) is 19.5 Å². The number of likely N-dealkylation sites (tertiary alicyclic amines) is 1. The first-order valence-corrected chi connectivity index (χ1v) is 11.9. The molecule has 0 bridgehead atoms. The SMILES string of the molecule is CCc1ccc(-c2cc3c(=O)n(Cc4noc(CN5CCCCCCC5)n4)ccn3n2)cc1. The van der Waals surface area contributed by atoms with Crippen molar-refractivity contribution in [2.75, 3.05) is 13.1 Å². The Kier molecular flexibility index (Phi) is 6.35. The molecular weight excluding hydrogens is 416 g/mol. The molecule has 4 aromatic rings. The second kappa shape index (κ2) is 9.70. The van der Waals surface area contributed by atoms with Crippen LogP contribution in [0.15, 0.2) is 52.0 Å². The van der Waals surface area contributed by atoms with Crippen LogP contribution < -0.4 is 5.56 Å². The van der Waals surface area contributed by atoms with Crippen LogP contribution in [0.5, 0.6) is 0 Å². The highest BCUT2D eigenvalue weighted by atomic mass is 16.5. The molecule has 5 rings (SSSR count). The summed E-state index contributed by atoms with van der Waals surface area (Å²) in [6, 6.07) is 10.1. The van der Waals surface area contributed by atoms with Gasteiger partial charge in [0.05, 0.1) is 18.8 Å². The van der Waals surface area contributed by atoms with Crippen molar-refractivity contribution in [3.05, 3.63) is 70.4 Å². The lowest BCUT2D eigenvalue weighted by Gasteiger charge is -2.22. The Balaban J connectivity index is 1.32. The average Bonchev–Trinajstić information content (AvgIpc) is 3.45. The minimum atomic E-state index is -0.128. The van der Waals surface area contributed by atoms with Gasteiger partial charge in [-0.05, 0) is 44.0 Å². The average molecular weight is 447 g/mol. The maximum atomic E-state index is 13.1. The summed E-state index contributed by atoms with van der Waals surface area (Å²) in [6.45, 7) is 5.20. The van der Waals surface area contributed by atoms with E-state index in [1.165, 1.54) is 37.7 Å². The molecule has 0 unspecified atom stereocenters. The molecule has 1 aromatic carbocycles. The number of rotatable bonds is 6. The van der Waals surface area contributed by atoms with E-state index in [0.29, 0.717) is 23.8 Å². The van der Waals surface area contributed by atoms with Crippen molar-refractivity contribution in [1.82, 2.24) is 29.2 Å². The van der Waals surface area contributed by atoms with Gasteiger partial charge in [0, 0.05) is 18.0 Å². The first kappa shape index (κ1) is 21.6. The monoisotopic (exact) mass is 446 g/mol. The van der Waals surface area contributed by atoms with Crippen molar-refractivity contribution in [1.29, 1.82) is 0 Å². The van der Waals surface area contributed by atoms with Crippen molar-refractivity contribution < 1.29 is 4.52 Å². The van der Waals surface area contributed by atoms with Gasteiger partial charge >= 0.3 is 0 Å². The van der Waals surface area contributed by atoms with Crippen LogP contribution in [0.25, 0.3) is 16.8 Å².